The number of halogens is 3. The lowest BCUT2D eigenvalue weighted by Crippen LogP contribution is -2.19. The quantitative estimate of drug-likeness (QED) is 0.795. The van der Waals surface area contributed by atoms with E-state index in [2.05, 4.69) is 21.2 Å². The van der Waals surface area contributed by atoms with Crippen molar-refractivity contribution in [3.8, 4) is 11.5 Å². The van der Waals surface area contributed by atoms with Crippen molar-refractivity contribution in [2.45, 2.75) is 13.0 Å². The molecule has 2 aromatic carbocycles. The highest BCUT2D eigenvalue weighted by Crippen LogP contribution is 2.38. The predicted molar refractivity (Wildman–Crippen MR) is 86.9 cm³/mol. The lowest BCUT2D eigenvalue weighted by Gasteiger charge is -2.20. The van der Waals surface area contributed by atoms with Crippen LogP contribution in [0.3, 0.4) is 0 Å². The Hall–Kier alpha value is -1.66. The minimum absolute atomic E-state index is 0.114. The van der Waals surface area contributed by atoms with Gasteiger partial charge in [0.1, 0.15) is 24.8 Å². The summed E-state index contributed by atoms with van der Waals surface area (Å²) in [6.45, 7) is 2.12. The van der Waals surface area contributed by atoms with Crippen LogP contribution in [0, 0.1) is 11.6 Å². The number of benzene rings is 2. The second kappa shape index (κ2) is 7.27. The van der Waals surface area contributed by atoms with Gasteiger partial charge >= 0.3 is 0 Å². The Balaban J connectivity index is 1.58. The van der Waals surface area contributed by atoms with Crippen molar-refractivity contribution in [2.24, 2.45) is 0 Å². The topological polar surface area (TPSA) is 30.5 Å². The number of ether oxygens (including phenoxy) is 2. The van der Waals surface area contributed by atoms with E-state index in [-0.39, 0.29) is 5.56 Å². The Morgan fingerprint density at radius 1 is 1.09 bits per heavy atom. The zero-order valence-corrected chi connectivity index (χ0v) is 14.0. The third kappa shape index (κ3) is 3.82. The van der Waals surface area contributed by atoms with Crippen LogP contribution in [0.2, 0.25) is 0 Å². The van der Waals surface area contributed by atoms with E-state index in [9.17, 15) is 8.78 Å². The predicted octanol–water partition coefficient (Wildman–Crippen LogP) is 3.83. The van der Waals surface area contributed by atoms with Crippen LogP contribution in [-0.2, 0) is 13.0 Å². The maximum atomic E-state index is 13.5. The fourth-order valence-corrected chi connectivity index (χ4v) is 3.09. The molecule has 122 valence electrons. The Kier molecular flexibility index (Phi) is 5.13. The van der Waals surface area contributed by atoms with E-state index in [0.29, 0.717) is 44.2 Å². The van der Waals surface area contributed by atoms with E-state index in [1.54, 1.807) is 0 Å². The molecule has 0 radical (unpaired) electrons. The van der Waals surface area contributed by atoms with Gasteiger partial charge in [0.25, 0.3) is 0 Å². The lowest BCUT2D eigenvalue weighted by molar-refractivity contribution is 0.170. The van der Waals surface area contributed by atoms with E-state index in [4.69, 9.17) is 9.47 Å². The number of hydrogen-bond acceptors (Lipinski definition) is 3. The molecule has 0 unspecified atom stereocenters. The molecule has 1 aliphatic heterocycles. The van der Waals surface area contributed by atoms with Crippen LogP contribution >= 0.6 is 15.9 Å². The first-order valence-electron chi connectivity index (χ1n) is 7.37. The van der Waals surface area contributed by atoms with E-state index in [1.165, 1.54) is 18.2 Å². The molecule has 1 aliphatic rings. The smallest absolute Gasteiger partial charge is 0.175 e. The summed E-state index contributed by atoms with van der Waals surface area (Å²) in [4.78, 5) is 0. The summed E-state index contributed by atoms with van der Waals surface area (Å²) in [6.07, 6.45) is 0.296. The molecule has 6 heteroatoms. The van der Waals surface area contributed by atoms with Gasteiger partial charge in [-0.05, 0) is 58.7 Å². The van der Waals surface area contributed by atoms with Crippen LogP contribution in [-0.4, -0.2) is 19.8 Å². The molecule has 2 aromatic rings. The van der Waals surface area contributed by atoms with Gasteiger partial charge in [-0.2, -0.15) is 0 Å². The van der Waals surface area contributed by atoms with Crippen LogP contribution in [0.25, 0.3) is 0 Å². The Bertz CT molecular complexity index is 689. The molecule has 0 saturated carbocycles. The second-order valence-corrected chi connectivity index (χ2v) is 6.08. The second-order valence-electron chi connectivity index (χ2n) is 5.23. The molecular formula is C17H16BrF2NO2. The van der Waals surface area contributed by atoms with Gasteiger partial charge < -0.3 is 14.8 Å². The summed E-state index contributed by atoms with van der Waals surface area (Å²) < 4.78 is 39.0. The van der Waals surface area contributed by atoms with Crippen molar-refractivity contribution in [3.63, 3.8) is 0 Å². The van der Waals surface area contributed by atoms with Crippen LogP contribution in [0.4, 0.5) is 8.78 Å². The normalized spacial score (nSPS) is 13.2. The highest BCUT2D eigenvalue weighted by Gasteiger charge is 2.16. The van der Waals surface area contributed by atoms with E-state index < -0.39 is 11.6 Å². The van der Waals surface area contributed by atoms with Gasteiger partial charge in [-0.3, -0.25) is 0 Å². The van der Waals surface area contributed by atoms with E-state index >= 15 is 0 Å². The molecule has 0 bridgehead atoms. The molecule has 0 fully saturated rings. The van der Waals surface area contributed by atoms with Gasteiger partial charge in [-0.15, -0.1) is 0 Å². The molecule has 1 N–H and O–H groups in total. The van der Waals surface area contributed by atoms with E-state index in [1.807, 2.05) is 12.1 Å². The maximum Gasteiger partial charge on any atom is 0.175 e. The summed E-state index contributed by atoms with van der Waals surface area (Å²) in [6, 6.07) is 7.78. The molecule has 3 rings (SSSR count). The van der Waals surface area contributed by atoms with Gasteiger partial charge in [0.15, 0.2) is 11.5 Å². The minimum atomic E-state index is -0.506. The molecule has 0 amide bonds. The number of rotatable bonds is 5. The van der Waals surface area contributed by atoms with E-state index in [0.717, 1.165) is 10.0 Å². The third-order valence-corrected chi connectivity index (χ3v) is 4.19. The Labute approximate surface area is 141 Å². The molecule has 0 aromatic heterocycles. The molecule has 0 spiro atoms. The number of fused-ring (bicyclic) bond motifs is 1. The van der Waals surface area contributed by atoms with Crippen molar-refractivity contribution < 1.29 is 18.3 Å². The first-order valence-corrected chi connectivity index (χ1v) is 8.16. The fourth-order valence-electron chi connectivity index (χ4n) is 2.48. The van der Waals surface area contributed by atoms with Crippen LogP contribution < -0.4 is 14.8 Å². The number of hydrogen-bond donors (Lipinski definition) is 1. The van der Waals surface area contributed by atoms with Gasteiger partial charge in [0, 0.05) is 12.1 Å². The van der Waals surface area contributed by atoms with Crippen molar-refractivity contribution >= 4 is 15.9 Å². The van der Waals surface area contributed by atoms with Crippen LogP contribution in [0.5, 0.6) is 11.5 Å². The summed E-state index contributed by atoms with van der Waals surface area (Å²) >= 11 is 3.47. The summed E-state index contributed by atoms with van der Waals surface area (Å²) in [5.41, 5.74) is 1.12. The molecular weight excluding hydrogens is 368 g/mol. The zero-order valence-electron chi connectivity index (χ0n) is 12.4. The first-order chi connectivity index (χ1) is 11.1. The van der Waals surface area contributed by atoms with Gasteiger partial charge in [-0.25, -0.2) is 8.78 Å². The minimum Gasteiger partial charge on any atom is -0.486 e. The SMILES string of the molecule is Fc1cccc(F)c1CCNCc1cc(Br)c2c(c1)OCCO2. The fraction of sp³-hybridized carbons (Fsp3) is 0.294. The first kappa shape index (κ1) is 16.2. The van der Waals surface area contributed by atoms with Crippen LogP contribution in [0.15, 0.2) is 34.8 Å². The average Bonchev–Trinajstić information content (AvgIpc) is 2.54. The van der Waals surface area contributed by atoms with Crippen molar-refractivity contribution in [2.75, 3.05) is 19.8 Å². The Morgan fingerprint density at radius 3 is 2.61 bits per heavy atom. The van der Waals surface area contributed by atoms with Crippen LogP contribution in [0.1, 0.15) is 11.1 Å². The molecule has 0 aliphatic carbocycles. The monoisotopic (exact) mass is 383 g/mol. The number of nitrogens with one attached hydrogen (secondary N) is 1. The highest BCUT2D eigenvalue weighted by molar-refractivity contribution is 9.10. The Morgan fingerprint density at radius 2 is 1.83 bits per heavy atom. The standard InChI is InChI=1S/C17H16BrF2NO2/c18-13-8-11(9-16-17(13)23-7-6-22-16)10-21-5-4-12-14(19)2-1-3-15(12)20/h1-3,8-9,21H,4-7,10H2. The summed E-state index contributed by atoms with van der Waals surface area (Å²) in [5.74, 6) is 0.416. The maximum absolute atomic E-state index is 13.5. The molecule has 0 atom stereocenters. The molecule has 0 saturated heterocycles. The zero-order chi connectivity index (χ0) is 16.2. The molecule has 1 heterocycles. The van der Waals surface area contributed by atoms with Crippen molar-refractivity contribution in [1.29, 1.82) is 0 Å². The van der Waals surface area contributed by atoms with Gasteiger partial charge in [-0.1, -0.05) is 6.07 Å². The van der Waals surface area contributed by atoms with Crippen molar-refractivity contribution in [1.82, 2.24) is 5.32 Å². The molecule has 3 nitrogen and oxygen atoms in total. The largest absolute Gasteiger partial charge is 0.486 e. The average molecular weight is 384 g/mol. The molecule has 23 heavy (non-hydrogen) atoms. The lowest BCUT2D eigenvalue weighted by atomic mass is 10.1. The summed E-state index contributed by atoms with van der Waals surface area (Å²) in [5, 5.41) is 3.19. The summed E-state index contributed by atoms with van der Waals surface area (Å²) in [7, 11) is 0. The van der Waals surface area contributed by atoms with Gasteiger partial charge in [0.05, 0.1) is 4.47 Å². The van der Waals surface area contributed by atoms with Gasteiger partial charge in [0.2, 0.25) is 0 Å². The third-order valence-electron chi connectivity index (χ3n) is 3.60. The van der Waals surface area contributed by atoms with Crippen molar-refractivity contribution in [3.05, 3.63) is 57.6 Å². The highest BCUT2D eigenvalue weighted by atomic mass is 79.9.